The summed E-state index contributed by atoms with van der Waals surface area (Å²) in [6, 6.07) is 7.71. The molecule has 1 aliphatic rings. The maximum absolute atomic E-state index is 12.1. The van der Waals surface area contributed by atoms with Crippen LogP contribution in [-0.4, -0.2) is 23.3 Å². The molecule has 98 valence electrons. The molecule has 1 aromatic carbocycles. The zero-order chi connectivity index (χ0) is 13.2. The highest BCUT2D eigenvalue weighted by Crippen LogP contribution is 2.19. The average molecular weight is 257 g/mol. The molecule has 0 saturated carbocycles. The van der Waals surface area contributed by atoms with E-state index < -0.39 is 0 Å². The Bertz CT molecular complexity index is 622. The largest absolute Gasteiger partial charge is 0.361 e. The number of anilines is 1. The number of rotatable bonds is 2. The molecule has 0 aliphatic carbocycles. The van der Waals surface area contributed by atoms with Crippen molar-refractivity contribution in [1.82, 2.24) is 10.3 Å². The van der Waals surface area contributed by atoms with Gasteiger partial charge in [-0.3, -0.25) is 9.59 Å². The van der Waals surface area contributed by atoms with E-state index in [0.29, 0.717) is 19.4 Å². The maximum Gasteiger partial charge on any atom is 0.229 e. The van der Waals surface area contributed by atoms with Gasteiger partial charge in [0.1, 0.15) is 0 Å². The normalized spacial score (nSPS) is 19.2. The number of hydrogen-bond donors (Lipinski definition) is 3. The summed E-state index contributed by atoms with van der Waals surface area (Å²) < 4.78 is 0. The highest BCUT2D eigenvalue weighted by atomic mass is 16.2. The number of aromatic amines is 1. The minimum atomic E-state index is -0.139. The van der Waals surface area contributed by atoms with Gasteiger partial charge in [-0.2, -0.15) is 0 Å². The van der Waals surface area contributed by atoms with Crippen LogP contribution in [0.1, 0.15) is 12.8 Å². The zero-order valence-electron chi connectivity index (χ0n) is 10.4. The third-order valence-electron chi connectivity index (χ3n) is 3.46. The maximum atomic E-state index is 12.1. The Labute approximate surface area is 110 Å². The first-order chi connectivity index (χ1) is 9.22. The van der Waals surface area contributed by atoms with Gasteiger partial charge in [0.15, 0.2) is 0 Å². The molecule has 5 nitrogen and oxygen atoms in total. The molecular formula is C14H15N3O2. The second-order valence-corrected chi connectivity index (χ2v) is 4.81. The number of carbonyl (C=O) groups excluding carboxylic acids is 2. The molecule has 0 bridgehead atoms. The van der Waals surface area contributed by atoms with Crippen molar-refractivity contribution in [1.29, 1.82) is 0 Å². The van der Waals surface area contributed by atoms with Crippen LogP contribution in [0, 0.1) is 5.92 Å². The summed E-state index contributed by atoms with van der Waals surface area (Å²) in [5.74, 6) is -0.146. The van der Waals surface area contributed by atoms with Crippen LogP contribution >= 0.6 is 0 Å². The average Bonchev–Trinajstić information content (AvgIpc) is 2.87. The molecule has 0 radical (unpaired) electrons. The van der Waals surface area contributed by atoms with Gasteiger partial charge < -0.3 is 15.6 Å². The lowest BCUT2D eigenvalue weighted by atomic mass is 9.98. The summed E-state index contributed by atoms with van der Waals surface area (Å²) in [6.07, 6.45) is 2.91. The smallest absolute Gasteiger partial charge is 0.229 e. The third kappa shape index (κ3) is 2.45. The first-order valence-electron chi connectivity index (χ1n) is 6.37. The molecule has 2 heterocycles. The Hall–Kier alpha value is -2.30. The molecular weight excluding hydrogens is 242 g/mol. The summed E-state index contributed by atoms with van der Waals surface area (Å²) >= 11 is 0. The number of carbonyl (C=O) groups is 2. The molecule has 0 spiro atoms. The first kappa shape index (κ1) is 11.8. The van der Waals surface area contributed by atoms with Crippen molar-refractivity contribution in [3.8, 4) is 0 Å². The van der Waals surface area contributed by atoms with Gasteiger partial charge in [0.05, 0.1) is 5.92 Å². The van der Waals surface area contributed by atoms with E-state index in [9.17, 15) is 9.59 Å². The first-order valence-corrected chi connectivity index (χ1v) is 6.37. The Morgan fingerprint density at radius 2 is 2.21 bits per heavy atom. The van der Waals surface area contributed by atoms with Crippen molar-refractivity contribution in [3.05, 3.63) is 30.5 Å². The van der Waals surface area contributed by atoms with Crippen LogP contribution in [0.3, 0.4) is 0 Å². The summed E-state index contributed by atoms with van der Waals surface area (Å²) in [5, 5.41) is 6.69. The van der Waals surface area contributed by atoms with Crippen molar-refractivity contribution in [3.63, 3.8) is 0 Å². The summed E-state index contributed by atoms with van der Waals surface area (Å²) in [6.45, 7) is 0.428. The number of H-pyrrole nitrogens is 1. The van der Waals surface area contributed by atoms with Crippen molar-refractivity contribution >= 4 is 28.4 Å². The fourth-order valence-electron chi connectivity index (χ4n) is 2.33. The highest BCUT2D eigenvalue weighted by Gasteiger charge is 2.24. The van der Waals surface area contributed by atoms with Gasteiger partial charge in [0.2, 0.25) is 11.8 Å². The second kappa shape index (κ2) is 4.76. The molecule has 1 atom stereocenters. The van der Waals surface area contributed by atoms with Crippen LogP contribution in [0.15, 0.2) is 30.5 Å². The minimum Gasteiger partial charge on any atom is -0.361 e. The van der Waals surface area contributed by atoms with Gasteiger partial charge in [0.25, 0.3) is 0 Å². The lowest BCUT2D eigenvalue weighted by Crippen LogP contribution is -2.40. The molecule has 3 N–H and O–H groups in total. The predicted molar refractivity (Wildman–Crippen MR) is 72.7 cm³/mol. The Morgan fingerprint density at radius 1 is 1.32 bits per heavy atom. The molecule has 2 amide bonds. The summed E-state index contributed by atoms with van der Waals surface area (Å²) in [5.41, 5.74) is 1.83. The third-order valence-corrected chi connectivity index (χ3v) is 3.46. The van der Waals surface area contributed by atoms with Crippen molar-refractivity contribution in [2.45, 2.75) is 12.8 Å². The van der Waals surface area contributed by atoms with Gasteiger partial charge in [-0.15, -0.1) is 0 Å². The molecule has 1 unspecified atom stereocenters. The number of nitrogens with one attached hydrogen (secondary N) is 3. The van der Waals surface area contributed by atoms with E-state index in [0.717, 1.165) is 16.6 Å². The lowest BCUT2D eigenvalue weighted by molar-refractivity contribution is -0.126. The molecule has 1 saturated heterocycles. The molecule has 5 heteroatoms. The molecule has 1 fully saturated rings. The van der Waals surface area contributed by atoms with E-state index >= 15 is 0 Å². The quantitative estimate of drug-likeness (QED) is 0.765. The van der Waals surface area contributed by atoms with Crippen molar-refractivity contribution in [2.24, 2.45) is 5.92 Å². The standard InChI is InChI=1S/C14H15N3O2/c18-13-4-1-10(8-16-13)14(19)17-11-2-3-12-9(7-11)5-6-15-12/h2-3,5-7,10,15H,1,4,8H2,(H,16,18)(H,17,19). The number of aromatic nitrogens is 1. The van der Waals surface area contributed by atoms with E-state index in [1.807, 2.05) is 30.5 Å². The summed E-state index contributed by atoms with van der Waals surface area (Å²) in [4.78, 5) is 26.2. The van der Waals surface area contributed by atoms with Crippen molar-refractivity contribution < 1.29 is 9.59 Å². The zero-order valence-corrected chi connectivity index (χ0v) is 10.4. The molecule has 3 rings (SSSR count). The van der Waals surface area contributed by atoms with E-state index in [4.69, 9.17) is 0 Å². The van der Waals surface area contributed by atoms with Crippen LogP contribution < -0.4 is 10.6 Å². The molecule has 1 aliphatic heterocycles. The fourth-order valence-corrected chi connectivity index (χ4v) is 2.33. The van der Waals surface area contributed by atoms with Gasteiger partial charge in [0, 0.05) is 35.8 Å². The van der Waals surface area contributed by atoms with Gasteiger partial charge in [-0.25, -0.2) is 0 Å². The Balaban J connectivity index is 1.70. The molecule has 19 heavy (non-hydrogen) atoms. The van der Waals surface area contributed by atoms with E-state index in [-0.39, 0.29) is 17.7 Å². The van der Waals surface area contributed by atoms with Gasteiger partial charge >= 0.3 is 0 Å². The number of amides is 2. The summed E-state index contributed by atoms with van der Waals surface area (Å²) in [7, 11) is 0. The van der Waals surface area contributed by atoms with Crippen LogP contribution in [0.25, 0.3) is 10.9 Å². The monoisotopic (exact) mass is 257 g/mol. The number of piperidine rings is 1. The van der Waals surface area contributed by atoms with Crippen LogP contribution in [0.4, 0.5) is 5.69 Å². The predicted octanol–water partition coefficient (Wildman–Crippen LogP) is 1.63. The molecule has 2 aromatic rings. The minimum absolute atomic E-state index is 0.0257. The number of benzene rings is 1. The Kier molecular flexibility index (Phi) is 2.95. The van der Waals surface area contributed by atoms with E-state index in [2.05, 4.69) is 15.6 Å². The van der Waals surface area contributed by atoms with Crippen LogP contribution in [-0.2, 0) is 9.59 Å². The number of hydrogen-bond acceptors (Lipinski definition) is 2. The number of fused-ring (bicyclic) bond motifs is 1. The second-order valence-electron chi connectivity index (χ2n) is 4.81. The topological polar surface area (TPSA) is 74.0 Å². The van der Waals surface area contributed by atoms with E-state index in [1.165, 1.54) is 0 Å². The van der Waals surface area contributed by atoms with Crippen molar-refractivity contribution in [2.75, 3.05) is 11.9 Å². The van der Waals surface area contributed by atoms with Crippen LogP contribution in [0.5, 0.6) is 0 Å². The van der Waals surface area contributed by atoms with Gasteiger partial charge in [-0.05, 0) is 30.7 Å². The van der Waals surface area contributed by atoms with Gasteiger partial charge in [-0.1, -0.05) is 0 Å². The van der Waals surface area contributed by atoms with Crippen LogP contribution in [0.2, 0.25) is 0 Å². The molecule has 1 aromatic heterocycles. The fraction of sp³-hybridized carbons (Fsp3) is 0.286. The SMILES string of the molecule is O=C1CCC(C(=O)Nc2ccc3[nH]ccc3c2)CN1. The lowest BCUT2D eigenvalue weighted by Gasteiger charge is -2.21. The Morgan fingerprint density at radius 3 is 3.00 bits per heavy atom. The van der Waals surface area contributed by atoms with E-state index in [1.54, 1.807) is 0 Å². The highest BCUT2D eigenvalue weighted by molar-refractivity contribution is 5.96.